The standard InChI is InChI=1S/C22H36O3/c1-13(23)16-7-8-17-15-6-5-14-11-20(2,25)9-10-21(14,3)19(15)18(24)12-22(16,17)4/h13-17,19,23,25H,5-12H2,1-4H3/t13?,14-,15?,16+,17-,19+,20+,21-,22+/m0/s1. The van der Waals surface area contributed by atoms with Gasteiger partial charge in [-0.15, -0.1) is 0 Å². The number of rotatable bonds is 1. The summed E-state index contributed by atoms with van der Waals surface area (Å²) < 4.78 is 0. The number of aliphatic hydroxyl groups excluding tert-OH is 1. The third kappa shape index (κ3) is 2.48. The average molecular weight is 349 g/mol. The van der Waals surface area contributed by atoms with Crippen LogP contribution in [-0.4, -0.2) is 27.7 Å². The first kappa shape index (κ1) is 18.0. The molecule has 0 aromatic carbocycles. The average Bonchev–Trinajstić information content (AvgIpc) is 2.84. The summed E-state index contributed by atoms with van der Waals surface area (Å²) >= 11 is 0. The van der Waals surface area contributed by atoms with Gasteiger partial charge in [0, 0.05) is 12.3 Å². The zero-order chi connectivity index (χ0) is 18.2. The van der Waals surface area contributed by atoms with E-state index in [4.69, 9.17) is 0 Å². The van der Waals surface area contributed by atoms with Crippen molar-refractivity contribution in [2.24, 2.45) is 40.4 Å². The number of ketones is 1. The maximum atomic E-state index is 13.4. The van der Waals surface area contributed by atoms with Crippen LogP contribution in [-0.2, 0) is 4.79 Å². The third-order valence-electron chi connectivity index (χ3n) is 9.29. The summed E-state index contributed by atoms with van der Waals surface area (Å²) in [4.78, 5) is 13.4. The second-order valence-electron chi connectivity index (χ2n) is 10.8. The maximum absolute atomic E-state index is 13.4. The highest BCUT2D eigenvalue weighted by Crippen LogP contribution is 2.67. The summed E-state index contributed by atoms with van der Waals surface area (Å²) in [6, 6.07) is 0. The maximum Gasteiger partial charge on any atom is 0.137 e. The van der Waals surface area contributed by atoms with Crippen molar-refractivity contribution in [1.29, 1.82) is 0 Å². The highest BCUT2D eigenvalue weighted by Gasteiger charge is 2.64. The Bertz CT molecular complexity index is 568. The number of fused-ring (bicyclic) bond motifs is 5. The topological polar surface area (TPSA) is 57.5 Å². The Balaban J connectivity index is 1.67. The molecule has 0 aliphatic heterocycles. The van der Waals surface area contributed by atoms with Crippen LogP contribution in [0.3, 0.4) is 0 Å². The minimum Gasteiger partial charge on any atom is -0.393 e. The number of carbonyl (C=O) groups excluding carboxylic acids is 1. The van der Waals surface area contributed by atoms with Crippen molar-refractivity contribution in [2.75, 3.05) is 0 Å². The van der Waals surface area contributed by atoms with Crippen molar-refractivity contribution in [1.82, 2.24) is 0 Å². The van der Waals surface area contributed by atoms with Crippen molar-refractivity contribution < 1.29 is 15.0 Å². The smallest absolute Gasteiger partial charge is 0.137 e. The fourth-order valence-corrected chi connectivity index (χ4v) is 8.08. The highest BCUT2D eigenvalue weighted by molar-refractivity contribution is 5.84. The Morgan fingerprint density at radius 1 is 1.04 bits per heavy atom. The lowest BCUT2D eigenvalue weighted by molar-refractivity contribution is -0.169. The Hall–Kier alpha value is -0.410. The van der Waals surface area contributed by atoms with Crippen LogP contribution in [0.2, 0.25) is 0 Å². The molecule has 3 nitrogen and oxygen atoms in total. The fourth-order valence-electron chi connectivity index (χ4n) is 8.08. The van der Waals surface area contributed by atoms with Gasteiger partial charge in [-0.2, -0.15) is 0 Å². The van der Waals surface area contributed by atoms with E-state index in [1.807, 2.05) is 13.8 Å². The van der Waals surface area contributed by atoms with Crippen molar-refractivity contribution in [3.05, 3.63) is 0 Å². The van der Waals surface area contributed by atoms with E-state index in [9.17, 15) is 15.0 Å². The molecule has 0 amide bonds. The van der Waals surface area contributed by atoms with E-state index in [1.54, 1.807) is 0 Å². The summed E-state index contributed by atoms with van der Waals surface area (Å²) in [5.41, 5.74) is -0.476. The van der Waals surface area contributed by atoms with Crippen LogP contribution in [0.1, 0.15) is 79.1 Å². The molecule has 4 fully saturated rings. The molecule has 25 heavy (non-hydrogen) atoms. The number of carbonyl (C=O) groups is 1. The second kappa shape index (κ2) is 5.55. The van der Waals surface area contributed by atoms with E-state index in [0.29, 0.717) is 30.0 Å². The molecule has 0 radical (unpaired) electrons. The summed E-state index contributed by atoms with van der Waals surface area (Å²) in [5.74, 6) is 2.51. The first-order valence-corrected chi connectivity index (χ1v) is 10.5. The molecule has 9 atom stereocenters. The SMILES string of the molecule is CC(O)[C@H]1CC[C@H]2C3CC[C@H]4C[C@](C)(O)CC[C@]4(C)[C@H]3C(=O)C[C@]12C. The minimum absolute atomic E-state index is 0.00419. The van der Waals surface area contributed by atoms with Gasteiger partial charge in [0.15, 0.2) is 0 Å². The van der Waals surface area contributed by atoms with Gasteiger partial charge in [0.1, 0.15) is 5.78 Å². The molecule has 2 unspecified atom stereocenters. The summed E-state index contributed by atoms with van der Waals surface area (Å²) in [7, 11) is 0. The van der Waals surface area contributed by atoms with E-state index < -0.39 is 5.60 Å². The van der Waals surface area contributed by atoms with Crippen LogP contribution >= 0.6 is 0 Å². The van der Waals surface area contributed by atoms with E-state index in [1.165, 1.54) is 6.42 Å². The number of hydrogen-bond donors (Lipinski definition) is 2. The lowest BCUT2D eigenvalue weighted by atomic mass is 9.43. The molecule has 2 N–H and O–H groups in total. The van der Waals surface area contributed by atoms with Gasteiger partial charge in [-0.25, -0.2) is 0 Å². The Labute approximate surface area is 152 Å². The Kier molecular flexibility index (Phi) is 3.99. The molecule has 3 heteroatoms. The molecule has 4 rings (SSSR count). The fraction of sp³-hybridized carbons (Fsp3) is 0.955. The molecular formula is C22H36O3. The van der Waals surface area contributed by atoms with Gasteiger partial charge in [0.2, 0.25) is 0 Å². The Morgan fingerprint density at radius 3 is 2.44 bits per heavy atom. The minimum atomic E-state index is -0.548. The zero-order valence-electron chi connectivity index (χ0n) is 16.4. The molecule has 4 aliphatic carbocycles. The molecule has 0 heterocycles. The molecule has 142 valence electrons. The second-order valence-corrected chi connectivity index (χ2v) is 10.8. The summed E-state index contributed by atoms with van der Waals surface area (Å²) in [5, 5.41) is 20.9. The molecule has 4 aliphatic rings. The molecule has 0 spiro atoms. The van der Waals surface area contributed by atoms with E-state index >= 15 is 0 Å². The first-order chi connectivity index (χ1) is 11.6. The van der Waals surface area contributed by atoms with E-state index in [2.05, 4.69) is 13.8 Å². The van der Waals surface area contributed by atoms with Crippen LogP contribution in [0.5, 0.6) is 0 Å². The van der Waals surface area contributed by atoms with Crippen molar-refractivity contribution in [2.45, 2.75) is 90.8 Å². The Morgan fingerprint density at radius 2 is 1.76 bits per heavy atom. The normalized spacial score (nSPS) is 56.7. The molecule has 0 bridgehead atoms. The predicted octanol–water partition coefficient (Wildman–Crippen LogP) is 3.96. The zero-order valence-corrected chi connectivity index (χ0v) is 16.4. The van der Waals surface area contributed by atoms with Crippen molar-refractivity contribution >= 4 is 5.78 Å². The lowest BCUT2D eigenvalue weighted by Crippen LogP contribution is -2.59. The highest BCUT2D eigenvalue weighted by atomic mass is 16.3. The number of Topliss-reactive ketones (excluding diaryl/α,β-unsaturated/α-hetero) is 1. The number of hydrogen-bond acceptors (Lipinski definition) is 3. The predicted molar refractivity (Wildman–Crippen MR) is 97.9 cm³/mol. The molecule has 0 saturated heterocycles. The van der Waals surface area contributed by atoms with E-state index in [0.717, 1.165) is 38.5 Å². The molecule has 0 aromatic rings. The van der Waals surface area contributed by atoms with Gasteiger partial charge in [0.25, 0.3) is 0 Å². The lowest BCUT2D eigenvalue weighted by Gasteiger charge is -2.61. The molecule has 4 saturated carbocycles. The van der Waals surface area contributed by atoms with Gasteiger partial charge in [-0.1, -0.05) is 13.8 Å². The van der Waals surface area contributed by atoms with Crippen molar-refractivity contribution in [3.63, 3.8) is 0 Å². The monoisotopic (exact) mass is 348 g/mol. The van der Waals surface area contributed by atoms with Gasteiger partial charge >= 0.3 is 0 Å². The van der Waals surface area contributed by atoms with Crippen LogP contribution in [0.15, 0.2) is 0 Å². The van der Waals surface area contributed by atoms with Crippen molar-refractivity contribution in [3.8, 4) is 0 Å². The number of aliphatic hydroxyl groups is 2. The first-order valence-electron chi connectivity index (χ1n) is 10.5. The van der Waals surface area contributed by atoms with Gasteiger partial charge < -0.3 is 10.2 Å². The molecule has 0 aromatic heterocycles. The summed E-state index contributed by atoms with van der Waals surface area (Å²) in [6.07, 6.45) is 7.58. The van der Waals surface area contributed by atoms with Crippen LogP contribution in [0.4, 0.5) is 0 Å². The van der Waals surface area contributed by atoms with E-state index in [-0.39, 0.29) is 28.8 Å². The largest absolute Gasteiger partial charge is 0.393 e. The quantitative estimate of drug-likeness (QED) is 0.754. The van der Waals surface area contributed by atoms with Gasteiger partial charge in [0.05, 0.1) is 11.7 Å². The summed E-state index contributed by atoms with van der Waals surface area (Å²) in [6.45, 7) is 8.53. The molecular weight excluding hydrogens is 312 g/mol. The van der Waals surface area contributed by atoms with Gasteiger partial charge in [-0.05, 0) is 93.3 Å². The van der Waals surface area contributed by atoms with Gasteiger partial charge in [-0.3, -0.25) is 4.79 Å². The van der Waals surface area contributed by atoms with Crippen LogP contribution in [0.25, 0.3) is 0 Å². The third-order valence-corrected chi connectivity index (χ3v) is 9.29. The van der Waals surface area contributed by atoms with Crippen LogP contribution < -0.4 is 0 Å². The van der Waals surface area contributed by atoms with Crippen LogP contribution in [0, 0.1) is 40.4 Å².